The third-order valence-corrected chi connectivity index (χ3v) is 5.96. The average molecular weight is 342 g/mol. The first-order valence-electron chi connectivity index (χ1n) is 9.07. The highest BCUT2D eigenvalue weighted by Gasteiger charge is 2.49. The molecule has 8 heteroatoms. The van der Waals surface area contributed by atoms with Crippen molar-refractivity contribution in [2.75, 3.05) is 4.90 Å². The van der Waals surface area contributed by atoms with E-state index in [4.69, 9.17) is 4.52 Å². The van der Waals surface area contributed by atoms with Gasteiger partial charge in [0, 0.05) is 24.4 Å². The van der Waals surface area contributed by atoms with Crippen LogP contribution in [0, 0.1) is 5.92 Å². The lowest BCUT2D eigenvalue weighted by molar-refractivity contribution is 0.0761. The van der Waals surface area contributed by atoms with E-state index < -0.39 is 6.17 Å². The summed E-state index contributed by atoms with van der Waals surface area (Å²) >= 11 is 0. The molecule has 1 N–H and O–H groups in total. The molecule has 2 aliphatic heterocycles. The zero-order valence-electron chi connectivity index (χ0n) is 13.7. The van der Waals surface area contributed by atoms with Crippen molar-refractivity contribution in [2.24, 2.45) is 5.92 Å². The van der Waals surface area contributed by atoms with E-state index in [1.807, 2.05) is 18.7 Å². The van der Waals surface area contributed by atoms with Crippen molar-refractivity contribution in [3.63, 3.8) is 0 Å². The van der Waals surface area contributed by atoms with Crippen LogP contribution in [0.5, 0.6) is 0 Å². The molecular formula is C17H19FN6O. The Hall–Kier alpha value is -2.38. The second kappa shape index (κ2) is 4.83. The maximum Gasteiger partial charge on any atom is 0.230 e. The first kappa shape index (κ1) is 13.9. The van der Waals surface area contributed by atoms with Crippen molar-refractivity contribution in [3.8, 4) is 11.5 Å². The van der Waals surface area contributed by atoms with Gasteiger partial charge in [-0.25, -0.2) is 9.37 Å². The molecule has 7 nitrogen and oxygen atoms in total. The Balaban J connectivity index is 1.48. The molecule has 2 fully saturated rings. The summed E-state index contributed by atoms with van der Waals surface area (Å²) in [5.74, 6) is 2.51. The number of anilines is 1. The van der Waals surface area contributed by atoms with Gasteiger partial charge >= 0.3 is 0 Å². The summed E-state index contributed by atoms with van der Waals surface area (Å²) in [6.45, 7) is 0. The molecule has 4 atom stereocenters. The second-order valence-corrected chi connectivity index (χ2v) is 7.48. The van der Waals surface area contributed by atoms with Gasteiger partial charge < -0.3 is 19.3 Å². The lowest BCUT2D eigenvalue weighted by Crippen LogP contribution is -2.54. The number of rotatable bonds is 2. The highest BCUT2D eigenvalue weighted by molar-refractivity contribution is 5.70. The van der Waals surface area contributed by atoms with Crippen LogP contribution in [0.4, 0.5) is 10.2 Å². The number of fused-ring (bicyclic) bond motifs is 6. The molecule has 4 unspecified atom stereocenters. The van der Waals surface area contributed by atoms with Gasteiger partial charge in [-0.1, -0.05) is 5.16 Å². The maximum atomic E-state index is 14.7. The highest BCUT2D eigenvalue weighted by atomic mass is 19.1. The van der Waals surface area contributed by atoms with Crippen molar-refractivity contribution in [2.45, 2.75) is 56.4 Å². The standard InChI is InChI=1S/C17H19FN6O/c18-10-2-1-3-11-12(10)15-19-6-7-23(15)17-13(20-8-24(11)17)14-21-16(25-22-14)9-4-5-9/h6-12,15,19H,1-5H2. The third-order valence-electron chi connectivity index (χ3n) is 5.96. The van der Waals surface area contributed by atoms with E-state index in [2.05, 4.69) is 29.9 Å². The summed E-state index contributed by atoms with van der Waals surface area (Å²) in [6.07, 6.45) is 9.54. The number of hydrogen-bond acceptors (Lipinski definition) is 6. The minimum absolute atomic E-state index is 0.0712. The van der Waals surface area contributed by atoms with Crippen molar-refractivity contribution in [1.29, 1.82) is 0 Å². The topological polar surface area (TPSA) is 72.0 Å². The quantitative estimate of drug-likeness (QED) is 0.905. The minimum atomic E-state index is -0.802. The molecule has 0 spiro atoms. The average Bonchev–Trinajstić information content (AvgIpc) is 3.03. The molecule has 2 saturated carbocycles. The van der Waals surface area contributed by atoms with Crippen LogP contribution in [-0.2, 0) is 0 Å². The van der Waals surface area contributed by atoms with Crippen molar-refractivity contribution >= 4 is 5.82 Å². The third kappa shape index (κ3) is 1.88. The van der Waals surface area contributed by atoms with E-state index in [1.165, 1.54) is 0 Å². The Labute approximate surface area is 143 Å². The number of imidazole rings is 1. The lowest BCUT2D eigenvalue weighted by Gasteiger charge is -2.47. The molecule has 2 aliphatic carbocycles. The molecule has 0 amide bonds. The normalized spacial score (nSPS) is 32.9. The van der Waals surface area contributed by atoms with E-state index in [0.717, 1.165) is 31.5 Å². The van der Waals surface area contributed by atoms with Crippen LogP contribution in [0.15, 0.2) is 23.3 Å². The Morgan fingerprint density at radius 1 is 1.24 bits per heavy atom. The summed E-state index contributed by atoms with van der Waals surface area (Å²) in [5, 5.41) is 7.48. The zero-order valence-corrected chi connectivity index (χ0v) is 13.7. The number of aromatic nitrogens is 4. The first-order chi connectivity index (χ1) is 12.3. The van der Waals surface area contributed by atoms with Crippen LogP contribution < -0.4 is 10.2 Å². The molecule has 2 aromatic rings. The maximum absolute atomic E-state index is 14.7. The van der Waals surface area contributed by atoms with E-state index in [-0.39, 0.29) is 18.1 Å². The fourth-order valence-corrected chi connectivity index (χ4v) is 4.61. The molecular weight excluding hydrogens is 323 g/mol. The molecule has 2 aromatic heterocycles. The Bertz CT molecular complexity index is 855. The largest absolute Gasteiger partial charge is 0.369 e. The molecule has 4 aliphatic rings. The fraction of sp³-hybridized carbons (Fsp3) is 0.588. The predicted octanol–water partition coefficient (Wildman–Crippen LogP) is 2.71. The van der Waals surface area contributed by atoms with Crippen LogP contribution in [0.2, 0.25) is 0 Å². The molecule has 0 aromatic carbocycles. The number of hydrogen-bond donors (Lipinski definition) is 1. The van der Waals surface area contributed by atoms with Crippen LogP contribution in [0.1, 0.15) is 50.0 Å². The SMILES string of the molecule is FC1CCCC2C1C1NC=CN1c1c(-c3noc(C4CC4)n3)ncn12. The van der Waals surface area contributed by atoms with Gasteiger partial charge in [-0.3, -0.25) is 0 Å². The van der Waals surface area contributed by atoms with Crippen molar-refractivity contribution < 1.29 is 8.91 Å². The number of alkyl halides is 1. The molecule has 0 saturated heterocycles. The van der Waals surface area contributed by atoms with E-state index in [9.17, 15) is 4.39 Å². The fourth-order valence-electron chi connectivity index (χ4n) is 4.61. The van der Waals surface area contributed by atoms with Gasteiger partial charge in [0.25, 0.3) is 0 Å². The number of nitrogens with one attached hydrogen (secondary N) is 1. The summed E-state index contributed by atoms with van der Waals surface area (Å²) in [4.78, 5) is 11.2. The van der Waals surface area contributed by atoms with E-state index in [1.54, 1.807) is 0 Å². The minimum Gasteiger partial charge on any atom is -0.369 e. The zero-order chi connectivity index (χ0) is 16.5. The molecule has 25 heavy (non-hydrogen) atoms. The van der Waals surface area contributed by atoms with Gasteiger partial charge in [0.1, 0.15) is 18.2 Å². The predicted molar refractivity (Wildman–Crippen MR) is 87.3 cm³/mol. The van der Waals surface area contributed by atoms with Crippen molar-refractivity contribution in [1.82, 2.24) is 25.0 Å². The highest BCUT2D eigenvalue weighted by Crippen LogP contribution is 2.48. The molecule has 130 valence electrons. The van der Waals surface area contributed by atoms with Gasteiger partial charge in [-0.15, -0.1) is 0 Å². The summed E-state index contributed by atoms with van der Waals surface area (Å²) in [7, 11) is 0. The van der Waals surface area contributed by atoms with Crippen LogP contribution in [0.25, 0.3) is 11.5 Å². The molecule has 0 bridgehead atoms. The Morgan fingerprint density at radius 2 is 2.16 bits per heavy atom. The Morgan fingerprint density at radius 3 is 3.04 bits per heavy atom. The van der Waals surface area contributed by atoms with Crippen LogP contribution >= 0.6 is 0 Å². The van der Waals surface area contributed by atoms with Crippen LogP contribution in [0.3, 0.4) is 0 Å². The number of halogens is 1. The summed E-state index contributed by atoms with van der Waals surface area (Å²) in [5.41, 5.74) is 0.716. The van der Waals surface area contributed by atoms with Crippen molar-refractivity contribution in [3.05, 3.63) is 24.6 Å². The molecule has 4 heterocycles. The van der Waals surface area contributed by atoms with Crippen LogP contribution in [-0.4, -0.2) is 32.0 Å². The summed E-state index contributed by atoms with van der Waals surface area (Å²) in [6, 6.07) is 0.114. The van der Waals surface area contributed by atoms with Gasteiger partial charge in [-0.05, 0) is 32.1 Å². The van der Waals surface area contributed by atoms with Gasteiger partial charge in [0.15, 0.2) is 5.69 Å². The summed E-state index contributed by atoms with van der Waals surface area (Å²) < 4.78 is 22.2. The van der Waals surface area contributed by atoms with Gasteiger partial charge in [0.05, 0.1) is 12.2 Å². The first-order valence-corrected chi connectivity index (χ1v) is 9.07. The molecule has 6 rings (SSSR count). The second-order valence-electron chi connectivity index (χ2n) is 7.48. The van der Waals surface area contributed by atoms with E-state index in [0.29, 0.717) is 29.7 Å². The van der Waals surface area contributed by atoms with Gasteiger partial charge in [0.2, 0.25) is 11.7 Å². The monoisotopic (exact) mass is 342 g/mol. The van der Waals surface area contributed by atoms with Gasteiger partial charge in [-0.2, -0.15) is 4.98 Å². The smallest absolute Gasteiger partial charge is 0.230 e. The lowest BCUT2D eigenvalue weighted by atomic mass is 9.79. The van der Waals surface area contributed by atoms with E-state index >= 15 is 0 Å². The number of nitrogens with zero attached hydrogens (tertiary/aromatic N) is 5. The molecule has 0 radical (unpaired) electrons. The Kier molecular flexibility index (Phi) is 2.68.